The minimum atomic E-state index is -1.06. The van der Waals surface area contributed by atoms with E-state index in [-0.39, 0.29) is 11.3 Å². The molecule has 0 bridgehead atoms. The molecule has 5 rings (SSSR count). The number of carbonyl (C=O) groups is 1. The number of para-hydroxylation sites is 1. The summed E-state index contributed by atoms with van der Waals surface area (Å²) in [5.74, 6) is -1.06. The van der Waals surface area contributed by atoms with Gasteiger partial charge in [0.05, 0.1) is 16.9 Å². The first kappa shape index (κ1) is 35.2. The van der Waals surface area contributed by atoms with Gasteiger partial charge in [0.2, 0.25) is 0 Å². The Morgan fingerprint density at radius 1 is 0.513 bits per heavy atom. The number of nitrogens with two attached hydrogens (primary N) is 2. The van der Waals surface area contributed by atoms with Crippen LogP contribution in [0.4, 0.5) is 11.4 Å². The smallest absolute Gasteiger partial charge is 0.337 e. The van der Waals surface area contributed by atoms with Crippen molar-refractivity contribution in [2.45, 2.75) is 103 Å². The van der Waals surface area contributed by atoms with Crippen molar-refractivity contribution in [2.24, 2.45) is 0 Å². The molecule has 39 heavy (non-hydrogen) atoms. The van der Waals surface area contributed by atoms with Crippen molar-refractivity contribution in [1.82, 2.24) is 0 Å². The fourth-order valence-corrected chi connectivity index (χ4v) is 4.23. The Kier molecular flexibility index (Phi) is 23.8. The van der Waals surface area contributed by atoms with Crippen LogP contribution in [0.3, 0.4) is 0 Å². The van der Waals surface area contributed by atoms with Gasteiger partial charge in [-0.05, 0) is 63.5 Å². The summed E-state index contributed by atoms with van der Waals surface area (Å²) in [6.07, 6.45) is 21.2. The Bertz CT molecular complexity index is 569. The van der Waals surface area contributed by atoms with E-state index in [0.717, 1.165) is 52.9 Å². The summed E-state index contributed by atoms with van der Waals surface area (Å²) < 4.78 is 20.8. The van der Waals surface area contributed by atoms with E-state index < -0.39 is 5.97 Å². The van der Waals surface area contributed by atoms with E-state index in [4.69, 9.17) is 35.5 Å². The van der Waals surface area contributed by atoms with Gasteiger partial charge in [-0.2, -0.15) is 0 Å². The van der Waals surface area contributed by atoms with Crippen LogP contribution < -0.4 is 11.5 Å². The topological polar surface area (TPSA) is 126 Å². The molecule has 4 saturated heterocycles. The Labute approximate surface area is 237 Å². The lowest BCUT2D eigenvalue weighted by molar-refractivity contribution is 0.0698. The van der Waals surface area contributed by atoms with Gasteiger partial charge in [0.15, 0.2) is 0 Å². The summed E-state index contributed by atoms with van der Waals surface area (Å²) in [4.78, 5) is 10.4. The van der Waals surface area contributed by atoms with E-state index in [0.29, 0.717) is 5.69 Å². The minimum Gasteiger partial charge on any atom is -0.478 e. The first-order chi connectivity index (χ1) is 19.1. The molecular weight excluding hydrogens is 496 g/mol. The van der Waals surface area contributed by atoms with E-state index in [9.17, 15) is 4.79 Å². The zero-order chi connectivity index (χ0) is 28.2. The predicted octanol–water partition coefficient (Wildman–Crippen LogP) is 6.86. The Hall–Kier alpha value is -1.87. The zero-order valence-electron chi connectivity index (χ0n) is 24.3. The van der Waals surface area contributed by atoms with Gasteiger partial charge in [0.1, 0.15) is 0 Å². The second-order valence-corrected chi connectivity index (χ2v) is 10.2. The Morgan fingerprint density at radius 2 is 0.795 bits per heavy atom. The van der Waals surface area contributed by atoms with Crippen molar-refractivity contribution in [3.63, 3.8) is 0 Å². The molecule has 4 aliphatic heterocycles. The third-order valence-electron chi connectivity index (χ3n) is 6.68. The van der Waals surface area contributed by atoms with Crippen LogP contribution in [-0.2, 0) is 18.9 Å². The number of ether oxygens (including phenoxy) is 4. The summed E-state index contributed by atoms with van der Waals surface area (Å²) in [5, 5.41) is 8.55. The minimum absolute atomic E-state index is 0.0463. The number of rotatable bonds is 1. The van der Waals surface area contributed by atoms with Gasteiger partial charge in [0, 0.05) is 52.9 Å². The Balaban J connectivity index is 0.000000247. The van der Waals surface area contributed by atoms with Gasteiger partial charge >= 0.3 is 5.97 Å². The van der Waals surface area contributed by atoms with Crippen LogP contribution in [0.25, 0.3) is 0 Å². The number of carboxylic acids is 1. The van der Waals surface area contributed by atoms with Crippen LogP contribution in [0, 0.1) is 0 Å². The van der Waals surface area contributed by atoms with Crippen LogP contribution in [-0.4, -0.2) is 63.9 Å². The summed E-state index contributed by atoms with van der Waals surface area (Å²) in [5.41, 5.74) is 11.2. The van der Waals surface area contributed by atoms with Crippen molar-refractivity contribution >= 4 is 17.3 Å². The number of nitrogen functional groups attached to an aromatic ring is 2. The zero-order valence-corrected chi connectivity index (χ0v) is 24.3. The van der Waals surface area contributed by atoms with E-state index >= 15 is 0 Å². The van der Waals surface area contributed by atoms with Crippen LogP contribution >= 0.6 is 0 Å². The molecule has 0 aliphatic carbocycles. The van der Waals surface area contributed by atoms with Gasteiger partial charge in [-0.1, -0.05) is 57.4 Å². The molecule has 0 spiro atoms. The molecule has 1 aromatic rings. The predicted molar refractivity (Wildman–Crippen MR) is 159 cm³/mol. The molecular formula is C31H56N2O6. The summed E-state index contributed by atoms with van der Waals surface area (Å²) in [6, 6.07) is 4.52. The van der Waals surface area contributed by atoms with Crippen LogP contribution in [0.1, 0.15) is 113 Å². The van der Waals surface area contributed by atoms with Crippen LogP contribution in [0.2, 0.25) is 0 Å². The fraction of sp³-hybridized carbons (Fsp3) is 0.774. The first-order valence-electron chi connectivity index (χ1n) is 15.3. The van der Waals surface area contributed by atoms with Crippen LogP contribution in [0.15, 0.2) is 18.2 Å². The van der Waals surface area contributed by atoms with E-state index in [2.05, 4.69) is 0 Å². The number of carboxylic acid groups (broad SMARTS) is 1. The van der Waals surface area contributed by atoms with Crippen molar-refractivity contribution in [3.8, 4) is 0 Å². The van der Waals surface area contributed by atoms with Gasteiger partial charge in [-0.3, -0.25) is 0 Å². The van der Waals surface area contributed by atoms with E-state index in [1.807, 2.05) is 0 Å². The monoisotopic (exact) mass is 552 g/mol. The maximum atomic E-state index is 10.4. The van der Waals surface area contributed by atoms with Gasteiger partial charge in [-0.25, -0.2) is 4.79 Å². The second-order valence-electron chi connectivity index (χ2n) is 10.2. The highest BCUT2D eigenvalue weighted by molar-refractivity contribution is 5.96. The average Bonchev–Trinajstić information content (AvgIpc) is 3.61. The lowest BCUT2D eigenvalue weighted by Crippen LogP contribution is -2.04. The van der Waals surface area contributed by atoms with E-state index in [1.54, 1.807) is 12.1 Å². The first-order valence-corrected chi connectivity index (χ1v) is 15.3. The molecule has 0 unspecified atom stereocenters. The second kappa shape index (κ2) is 26.4. The normalized spacial score (nSPS) is 19.9. The molecule has 4 aliphatic rings. The largest absolute Gasteiger partial charge is 0.478 e. The molecule has 1 aromatic carbocycles. The highest BCUT2D eigenvalue weighted by Crippen LogP contribution is 2.18. The summed E-state index contributed by atoms with van der Waals surface area (Å²) in [6.45, 7) is 8.00. The Morgan fingerprint density at radius 3 is 1.03 bits per heavy atom. The lowest BCUT2D eigenvalue weighted by atomic mass is 10.1. The van der Waals surface area contributed by atoms with Gasteiger partial charge < -0.3 is 35.5 Å². The average molecular weight is 553 g/mol. The van der Waals surface area contributed by atoms with E-state index in [1.165, 1.54) is 109 Å². The maximum absolute atomic E-state index is 10.4. The summed E-state index contributed by atoms with van der Waals surface area (Å²) in [7, 11) is 0. The molecule has 226 valence electrons. The van der Waals surface area contributed by atoms with Crippen LogP contribution in [0.5, 0.6) is 0 Å². The van der Waals surface area contributed by atoms with Crippen molar-refractivity contribution < 1.29 is 28.8 Å². The highest BCUT2D eigenvalue weighted by Gasteiger charge is 2.08. The highest BCUT2D eigenvalue weighted by atomic mass is 16.5. The molecule has 4 heterocycles. The summed E-state index contributed by atoms with van der Waals surface area (Å²) >= 11 is 0. The number of hydrogen-bond acceptors (Lipinski definition) is 7. The van der Waals surface area contributed by atoms with Crippen molar-refractivity contribution in [3.05, 3.63) is 23.8 Å². The van der Waals surface area contributed by atoms with Gasteiger partial charge in [-0.15, -0.1) is 0 Å². The fourth-order valence-electron chi connectivity index (χ4n) is 4.23. The lowest BCUT2D eigenvalue weighted by Gasteiger charge is -2.01. The molecule has 4 fully saturated rings. The molecule has 0 atom stereocenters. The molecule has 0 saturated carbocycles. The molecule has 0 aromatic heterocycles. The number of anilines is 2. The third-order valence-corrected chi connectivity index (χ3v) is 6.68. The van der Waals surface area contributed by atoms with Crippen molar-refractivity contribution in [1.29, 1.82) is 0 Å². The SMILES string of the molecule is C1CCCOCC1.C1CCCOCC1.C1CCCOCC1.C1CCCOCC1.Nc1cccc(C(=O)O)c1N. The molecule has 0 amide bonds. The molecule has 5 N–H and O–H groups in total. The number of aromatic carboxylic acids is 1. The maximum Gasteiger partial charge on any atom is 0.337 e. The van der Waals surface area contributed by atoms with Crippen molar-refractivity contribution in [2.75, 3.05) is 64.3 Å². The number of benzene rings is 1. The van der Waals surface area contributed by atoms with Gasteiger partial charge in [0.25, 0.3) is 0 Å². The quantitative estimate of drug-likeness (QED) is 0.323. The molecule has 0 radical (unpaired) electrons. The molecule has 8 nitrogen and oxygen atoms in total. The standard InChI is InChI=1S/C7H8N2O2.4C6H12O/c8-5-3-1-2-4(6(5)9)7(10)11;4*1-2-4-6-7-5-3-1/h1-3H,8-9H2,(H,10,11);4*1-6H2. The number of hydrogen-bond donors (Lipinski definition) is 3. The molecule has 8 heteroatoms. The third kappa shape index (κ3) is 21.6.